The first-order chi connectivity index (χ1) is 7.75. The van der Waals surface area contributed by atoms with Crippen molar-refractivity contribution in [2.75, 3.05) is 5.75 Å². The van der Waals surface area contributed by atoms with Gasteiger partial charge in [0.2, 0.25) is 0 Å². The molecule has 0 amide bonds. The summed E-state index contributed by atoms with van der Waals surface area (Å²) >= 11 is 1.29. The fourth-order valence-corrected chi connectivity index (χ4v) is 1.80. The smallest absolute Gasteiger partial charge is 0.173 e. The lowest BCUT2D eigenvalue weighted by molar-refractivity contribution is 0.102. The molecule has 2 aromatic rings. The number of thioether (sulfide) groups is 1. The van der Waals surface area contributed by atoms with Crippen LogP contribution in [0.2, 0.25) is 0 Å². The monoisotopic (exact) mass is 237 g/mol. The number of carbonyl (C=O) groups excluding carboxylic acids is 1. The second-order valence-corrected chi connectivity index (χ2v) is 4.02. The van der Waals surface area contributed by atoms with Crippen molar-refractivity contribution in [2.45, 2.75) is 5.03 Å². The van der Waals surface area contributed by atoms with Gasteiger partial charge in [-0.2, -0.15) is 10.3 Å². The van der Waals surface area contributed by atoms with Crippen LogP contribution in [0, 0.1) is 5.82 Å². The zero-order valence-corrected chi connectivity index (χ0v) is 9.00. The molecule has 2 rings (SSSR count). The van der Waals surface area contributed by atoms with E-state index < -0.39 is 0 Å². The van der Waals surface area contributed by atoms with Gasteiger partial charge >= 0.3 is 0 Å². The first kappa shape index (κ1) is 10.8. The molecule has 4 nitrogen and oxygen atoms in total. The van der Waals surface area contributed by atoms with Crippen LogP contribution < -0.4 is 0 Å². The Morgan fingerprint density at radius 1 is 1.38 bits per heavy atom. The summed E-state index contributed by atoms with van der Waals surface area (Å²) < 4.78 is 12.6. The van der Waals surface area contributed by atoms with Crippen LogP contribution in [0.5, 0.6) is 0 Å². The number of aromatic amines is 1. The highest BCUT2D eigenvalue weighted by Crippen LogP contribution is 2.15. The van der Waals surface area contributed by atoms with Crippen molar-refractivity contribution < 1.29 is 9.18 Å². The highest BCUT2D eigenvalue weighted by atomic mass is 32.2. The number of rotatable bonds is 4. The number of benzene rings is 1. The predicted octanol–water partition coefficient (Wildman–Crippen LogP) is 1.92. The fourth-order valence-electron chi connectivity index (χ4n) is 1.12. The first-order valence-corrected chi connectivity index (χ1v) is 5.51. The maximum atomic E-state index is 12.6. The molecule has 1 N–H and O–H groups in total. The average molecular weight is 237 g/mol. The van der Waals surface area contributed by atoms with Crippen molar-refractivity contribution in [2.24, 2.45) is 0 Å². The number of carbonyl (C=O) groups is 1. The van der Waals surface area contributed by atoms with Crippen molar-refractivity contribution in [1.29, 1.82) is 0 Å². The van der Waals surface area contributed by atoms with Gasteiger partial charge in [0, 0.05) is 5.56 Å². The van der Waals surface area contributed by atoms with E-state index in [0.717, 1.165) is 0 Å². The molecular formula is C10H8FN3OS. The largest absolute Gasteiger partial charge is 0.293 e. The summed E-state index contributed by atoms with van der Waals surface area (Å²) in [6, 6.07) is 5.49. The third-order valence-electron chi connectivity index (χ3n) is 1.91. The zero-order chi connectivity index (χ0) is 11.4. The number of halogens is 1. The maximum Gasteiger partial charge on any atom is 0.173 e. The lowest BCUT2D eigenvalue weighted by Gasteiger charge is -1.98. The lowest BCUT2D eigenvalue weighted by atomic mass is 10.1. The molecule has 0 unspecified atom stereocenters. The molecule has 1 aromatic heterocycles. The molecule has 0 atom stereocenters. The molecule has 16 heavy (non-hydrogen) atoms. The number of H-pyrrole nitrogens is 1. The van der Waals surface area contributed by atoms with E-state index in [0.29, 0.717) is 10.6 Å². The van der Waals surface area contributed by atoms with Crippen LogP contribution in [0.25, 0.3) is 0 Å². The van der Waals surface area contributed by atoms with E-state index in [1.165, 1.54) is 36.0 Å². The van der Waals surface area contributed by atoms with Gasteiger partial charge in [0.05, 0.1) is 11.9 Å². The van der Waals surface area contributed by atoms with Gasteiger partial charge in [0.1, 0.15) is 10.8 Å². The summed E-state index contributed by atoms with van der Waals surface area (Å²) in [6.07, 6.45) is 1.54. The molecule has 82 valence electrons. The van der Waals surface area contributed by atoms with Crippen LogP contribution >= 0.6 is 11.8 Å². The minimum Gasteiger partial charge on any atom is -0.293 e. The van der Waals surface area contributed by atoms with E-state index in [4.69, 9.17) is 0 Å². The summed E-state index contributed by atoms with van der Waals surface area (Å²) in [4.78, 5) is 11.6. The molecule has 0 saturated heterocycles. The third-order valence-corrected chi connectivity index (χ3v) is 2.81. The SMILES string of the molecule is O=C(CSc1cn[nH]n1)c1ccc(F)cc1. The van der Waals surface area contributed by atoms with E-state index in [9.17, 15) is 9.18 Å². The highest BCUT2D eigenvalue weighted by Gasteiger charge is 2.07. The van der Waals surface area contributed by atoms with Gasteiger partial charge in [-0.25, -0.2) is 4.39 Å². The second kappa shape index (κ2) is 4.89. The van der Waals surface area contributed by atoms with E-state index in [2.05, 4.69) is 15.4 Å². The fraction of sp³-hybridized carbons (Fsp3) is 0.100. The van der Waals surface area contributed by atoms with Gasteiger partial charge < -0.3 is 0 Å². The highest BCUT2D eigenvalue weighted by molar-refractivity contribution is 7.99. The predicted molar refractivity (Wildman–Crippen MR) is 57.8 cm³/mol. The van der Waals surface area contributed by atoms with Crippen LogP contribution in [-0.2, 0) is 0 Å². The Labute approximate surface area is 95.3 Å². The number of nitrogens with one attached hydrogen (secondary N) is 1. The van der Waals surface area contributed by atoms with E-state index in [1.54, 1.807) is 6.20 Å². The van der Waals surface area contributed by atoms with Crippen molar-refractivity contribution in [1.82, 2.24) is 15.4 Å². The topological polar surface area (TPSA) is 58.6 Å². The molecule has 0 aliphatic heterocycles. The van der Waals surface area contributed by atoms with Gasteiger partial charge in [-0.3, -0.25) is 4.79 Å². The van der Waals surface area contributed by atoms with Crippen molar-refractivity contribution in [3.05, 3.63) is 41.8 Å². The van der Waals surface area contributed by atoms with Crippen LogP contribution in [0.1, 0.15) is 10.4 Å². The van der Waals surface area contributed by atoms with Gasteiger partial charge in [0.25, 0.3) is 0 Å². The molecule has 0 aliphatic carbocycles. The summed E-state index contributed by atoms with van der Waals surface area (Å²) in [5.41, 5.74) is 0.498. The molecule has 0 aliphatic rings. The average Bonchev–Trinajstić information content (AvgIpc) is 2.80. The molecule has 0 radical (unpaired) electrons. The zero-order valence-electron chi connectivity index (χ0n) is 8.18. The molecule has 0 spiro atoms. The third kappa shape index (κ3) is 2.66. The van der Waals surface area contributed by atoms with Crippen molar-refractivity contribution in [3.8, 4) is 0 Å². The summed E-state index contributed by atoms with van der Waals surface area (Å²) in [6.45, 7) is 0. The summed E-state index contributed by atoms with van der Waals surface area (Å²) in [7, 11) is 0. The molecule has 0 bridgehead atoms. The number of hydrogen-bond acceptors (Lipinski definition) is 4. The number of ketones is 1. The standard InChI is InChI=1S/C10H8FN3OS/c11-8-3-1-7(2-4-8)9(15)6-16-10-5-12-14-13-10/h1-5H,6H2,(H,12,13,14). The Hall–Kier alpha value is -1.69. The Bertz CT molecular complexity index is 469. The normalized spacial score (nSPS) is 10.3. The second-order valence-electron chi connectivity index (χ2n) is 3.03. The van der Waals surface area contributed by atoms with Crippen LogP contribution in [0.3, 0.4) is 0 Å². The molecule has 1 heterocycles. The Kier molecular flexibility index (Phi) is 3.31. The maximum absolute atomic E-state index is 12.6. The lowest BCUT2D eigenvalue weighted by Crippen LogP contribution is -2.02. The number of Topliss-reactive ketones (excluding diaryl/α,β-unsaturated/α-hetero) is 1. The number of nitrogens with zero attached hydrogens (tertiary/aromatic N) is 2. The number of aromatic nitrogens is 3. The minimum atomic E-state index is -0.347. The molecule has 1 aromatic carbocycles. The molecule has 6 heteroatoms. The quantitative estimate of drug-likeness (QED) is 0.652. The van der Waals surface area contributed by atoms with Crippen molar-refractivity contribution in [3.63, 3.8) is 0 Å². The molecular weight excluding hydrogens is 229 g/mol. The molecule has 0 fully saturated rings. The molecule has 0 saturated carbocycles. The minimum absolute atomic E-state index is 0.0620. The van der Waals surface area contributed by atoms with Gasteiger partial charge in [0.15, 0.2) is 5.78 Å². The van der Waals surface area contributed by atoms with Gasteiger partial charge in [-0.15, -0.1) is 5.10 Å². The van der Waals surface area contributed by atoms with Crippen LogP contribution in [0.15, 0.2) is 35.5 Å². The van der Waals surface area contributed by atoms with E-state index in [1.807, 2.05) is 0 Å². The number of hydrogen-bond donors (Lipinski definition) is 1. The van der Waals surface area contributed by atoms with Crippen molar-refractivity contribution >= 4 is 17.5 Å². The summed E-state index contributed by atoms with van der Waals surface area (Å²) in [5.74, 6) is -0.147. The first-order valence-electron chi connectivity index (χ1n) is 4.53. The van der Waals surface area contributed by atoms with Gasteiger partial charge in [-0.05, 0) is 24.3 Å². The van der Waals surface area contributed by atoms with Crippen LogP contribution in [-0.4, -0.2) is 26.9 Å². The Morgan fingerprint density at radius 3 is 2.75 bits per heavy atom. The Balaban J connectivity index is 1.95. The Morgan fingerprint density at radius 2 is 2.12 bits per heavy atom. The van der Waals surface area contributed by atoms with E-state index >= 15 is 0 Å². The van der Waals surface area contributed by atoms with E-state index in [-0.39, 0.29) is 17.4 Å². The summed E-state index contributed by atoms with van der Waals surface area (Å²) in [5, 5.41) is 10.6. The van der Waals surface area contributed by atoms with Gasteiger partial charge in [-0.1, -0.05) is 11.8 Å². The van der Waals surface area contributed by atoms with Crippen LogP contribution in [0.4, 0.5) is 4.39 Å².